The fourth-order valence-corrected chi connectivity index (χ4v) is 1.23. The van der Waals surface area contributed by atoms with Crippen molar-refractivity contribution in [3.8, 4) is 0 Å². The SMILES string of the molecule is CCCNC(=O)OCc1cncs1. The van der Waals surface area contributed by atoms with Gasteiger partial charge in [-0.15, -0.1) is 11.3 Å². The number of amides is 1. The van der Waals surface area contributed by atoms with Crippen LogP contribution in [-0.4, -0.2) is 17.6 Å². The van der Waals surface area contributed by atoms with E-state index in [1.807, 2.05) is 6.92 Å². The molecule has 0 unspecified atom stereocenters. The number of hydrogen-bond donors (Lipinski definition) is 1. The monoisotopic (exact) mass is 200 g/mol. The van der Waals surface area contributed by atoms with Crippen molar-refractivity contribution in [1.29, 1.82) is 0 Å². The van der Waals surface area contributed by atoms with Gasteiger partial charge >= 0.3 is 6.09 Å². The Hall–Kier alpha value is -1.10. The van der Waals surface area contributed by atoms with Gasteiger partial charge in [0.2, 0.25) is 0 Å². The largest absolute Gasteiger partial charge is 0.444 e. The smallest absolute Gasteiger partial charge is 0.407 e. The second kappa shape index (κ2) is 5.53. The van der Waals surface area contributed by atoms with Crippen molar-refractivity contribution in [3.05, 3.63) is 16.6 Å². The van der Waals surface area contributed by atoms with Crippen LogP contribution in [0.15, 0.2) is 11.7 Å². The van der Waals surface area contributed by atoms with Gasteiger partial charge < -0.3 is 10.1 Å². The summed E-state index contributed by atoms with van der Waals surface area (Å²) in [6, 6.07) is 0. The van der Waals surface area contributed by atoms with E-state index >= 15 is 0 Å². The van der Waals surface area contributed by atoms with Gasteiger partial charge in [0.05, 0.1) is 10.4 Å². The number of carbonyl (C=O) groups is 1. The zero-order valence-corrected chi connectivity index (χ0v) is 8.26. The average Bonchev–Trinajstić information content (AvgIpc) is 2.64. The Morgan fingerprint density at radius 1 is 1.77 bits per heavy atom. The fraction of sp³-hybridized carbons (Fsp3) is 0.500. The first kappa shape index (κ1) is 9.98. The molecule has 1 heterocycles. The molecule has 4 nitrogen and oxygen atoms in total. The maximum atomic E-state index is 10.9. The summed E-state index contributed by atoms with van der Waals surface area (Å²) in [6.45, 7) is 2.95. The molecule has 0 fully saturated rings. The molecule has 1 aromatic heterocycles. The molecule has 0 aliphatic carbocycles. The van der Waals surface area contributed by atoms with Crippen molar-refractivity contribution in [1.82, 2.24) is 10.3 Å². The Morgan fingerprint density at radius 3 is 3.23 bits per heavy atom. The predicted octanol–water partition coefficient (Wildman–Crippen LogP) is 1.78. The first-order valence-corrected chi connectivity index (χ1v) is 4.99. The molecule has 1 N–H and O–H groups in total. The molecule has 0 spiro atoms. The normalized spacial score (nSPS) is 9.62. The molecule has 0 aliphatic rings. The van der Waals surface area contributed by atoms with E-state index in [1.165, 1.54) is 11.3 Å². The van der Waals surface area contributed by atoms with E-state index in [1.54, 1.807) is 11.7 Å². The van der Waals surface area contributed by atoms with Crippen molar-refractivity contribution >= 4 is 17.4 Å². The molecule has 0 bridgehead atoms. The molecule has 0 aromatic carbocycles. The van der Waals surface area contributed by atoms with Gasteiger partial charge in [-0.05, 0) is 6.42 Å². The number of ether oxygens (including phenoxy) is 1. The molecule has 0 atom stereocenters. The van der Waals surface area contributed by atoms with E-state index in [0.717, 1.165) is 11.3 Å². The number of aromatic nitrogens is 1. The quantitative estimate of drug-likeness (QED) is 0.806. The highest BCUT2D eigenvalue weighted by atomic mass is 32.1. The van der Waals surface area contributed by atoms with Crippen LogP contribution in [0.1, 0.15) is 18.2 Å². The summed E-state index contributed by atoms with van der Waals surface area (Å²) in [5, 5.41) is 2.62. The summed E-state index contributed by atoms with van der Waals surface area (Å²) < 4.78 is 4.91. The Balaban J connectivity index is 2.15. The van der Waals surface area contributed by atoms with Gasteiger partial charge in [0, 0.05) is 12.7 Å². The van der Waals surface area contributed by atoms with Crippen LogP contribution < -0.4 is 5.32 Å². The minimum Gasteiger partial charge on any atom is -0.444 e. The summed E-state index contributed by atoms with van der Waals surface area (Å²) in [5.41, 5.74) is 1.71. The van der Waals surface area contributed by atoms with Gasteiger partial charge in [-0.25, -0.2) is 4.79 Å². The van der Waals surface area contributed by atoms with Gasteiger partial charge in [0.15, 0.2) is 0 Å². The predicted molar refractivity (Wildman–Crippen MR) is 50.6 cm³/mol. The van der Waals surface area contributed by atoms with E-state index in [-0.39, 0.29) is 6.09 Å². The van der Waals surface area contributed by atoms with Gasteiger partial charge in [0.1, 0.15) is 6.61 Å². The Kier molecular flexibility index (Phi) is 4.25. The summed E-state index contributed by atoms with van der Waals surface area (Å²) in [7, 11) is 0. The fourth-order valence-electron chi connectivity index (χ4n) is 0.728. The van der Waals surface area contributed by atoms with Crippen molar-refractivity contribution < 1.29 is 9.53 Å². The highest BCUT2D eigenvalue weighted by molar-refractivity contribution is 7.09. The highest BCUT2D eigenvalue weighted by Gasteiger charge is 2.01. The van der Waals surface area contributed by atoms with Crippen LogP contribution in [0.25, 0.3) is 0 Å². The van der Waals surface area contributed by atoms with Crippen LogP contribution >= 0.6 is 11.3 Å². The van der Waals surface area contributed by atoms with E-state index < -0.39 is 0 Å². The van der Waals surface area contributed by atoms with Crippen LogP contribution in [0.2, 0.25) is 0 Å². The lowest BCUT2D eigenvalue weighted by atomic mass is 10.5. The number of alkyl carbamates (subject to hydrolysis) is 1. The van der Waals surface area contributed by atoms with Crippen molar-refractivity contribution in [2.45, 2.75) is 20.0 Å². The number of thiazole rings is 1. The molecule has 1 rings (SSSR count). The molecule has 0 saturated heterocycles. The lowest BCUT2D eigenvalue weighted by Gasteiger charge is -2.03. The number of hydrogen-bond acceptors (Lipinski definition) is 4. The van der Waals surface area contributed by atoms with E-state index in [2.05, 4.69) is 10.3 Å². The van der Waals surface area contributed by atoms with Crippen LogP contribution in [0.5, 0.6) is 0 Å². The molecule has 0 saturated carbocycles. The second-order valence-corrected chi connectivity index (χ2v) is 3.44. The molecule has 5 heteroatoms. The van der Waals surface area contributed by atoms with E-state index in [9.17, 15) is 4.79 Å². The number of rotatable bonds is 4. The van der Waals surface area contributed by atoms with E-state index in [0.29, 0.717) is 13.2 Å². The third kappa shape index (κ3) is 3.89. The van der Waals surface area contributed by atoms with Crippen LogP contribution in [0.3, 0.4) is 0 Å². The first-order chi connectivity index (χ1) is 6.33. The van der Waals surface area contributed by atoms with Crippen molar-refractivity contribution in [3.63, 3.8) is 0 Å². The highest BCUT2D eigenvalue weighted by Crippen LogP contribution is 2.06. The first-order valence-electron chi connectivity index (χ1n) is 4.11. The molecular weight excluding hydrogens is 188 g/mol. The lowest BCUT2D eigenvalue weighted by molar-refractivity contribution is 0.140. The zero-order valence-electron chi connectivity index (χ0n) is 7.45. The Morgan fingerprint density at radius 2 is 2.62 bits per heavy atom. The second-order valence-electron chi connectivity index (χ2n) is 2.47. The third-order valence-corrected chi connectivity index (χ3v) is 2.10. The van der Waals surface area contributed by atoms with Crippen LogP contribution in [0, 0.1) is 0 Å². The molecule has 13 heavy (non-hydrogen) atoms. The standard InChI is InChI=1S/C8H12N2O2S/c1-2-3-10-8(11)12-5-7-4-9-6-13-7/h4,6H,2-3,5H2,1H3,(H,10,11). The van der Waals surface area contributed by atoms with Crippen LogP contribution in [-0.2, 0) is 11.3 Å². The van der Waals surface area contributed by atoms with Gasteiger partial charge in [0.25, 0.3) is 0 Å². The maximum Gasteiger partial charge on any atom is 0.407 e. The van der Waals surface area contributed by atoms with E-state index in [4.69, 9.17) is 4.74 Å². The summed E-state index contributed by atoms with van der Waals surface area (Å²) in [4.78, 5) is 15.8. The minimum absolute atomic E-state index is 0.306. The molecular formula is C8H12N2O2S. The Labute approximate surface area is 80.9 Å². The van der Waals surface area contributed by atoms with Crippen molar-refractivity contribution in [2.24, 2.45) is 0 Å². The number of nitrogens with one attached hydrogen (secondary N) is 1. The molecule has 0 radical (unpaired) electrons. The summed E-state index contributed by atoms with van der Waals surface area (Å²) in [6.07, 6.45) is 2.24. The minimum atomic E-state index is -0.366. The third-order valence-electron chi connectivity index (χ3n) is 1.35. The molecule has 72 valence electrons. The molecule has 1 aromatic rings. The van der Waals surface area contributed by atoms with Crippen molar-refractivity contribution in [2.75, 3.05) is 6.54 Å². The maximum absolute atomic E-state index is 10.9. The lowest BCUT2D eigenvalue weighted by Crippen LogP contribution is -2.24. The molecule has 0 aliphatic heterocycles. The average molecular weight is 200 g/mol. The Bertz CT molecular complexity index is 249. The van der Waals surface area contributed by atoms with Gasteiger partial charge in [-0.1, -0.05) is 6.92 Å². The topological polar surface area (TPSA) is 51.2 Å². The van der Waals surface area contributed by atoms with Gasteiger partial charge in [-0.3, -0.25) is 4.98 Å². The molecule has 1 amide bonds. The zero-order chi connectivity index (χ0) is 9.52. The van der Waals surface area contributed by atoms with Gasteiger partial charge in [-0.2, -0.15) is 0 Å². The summed E-state index contributed by atoms with van der Waals surface area (Å²) in [5.74, 6) is 0. The van der Waals surface area contributed by atoms with Crippen LogP contribution in [0.4, 0.5) is 4.79 Å². The number of carbonyl (C=O) groups excluding carboxylic acids is 1. The summed E-state index contributed by atoms with van der Waals surface area (Å²) >= 11 is 1.47. The number of nitrogens with zero attached hydrogens (tertiary/aromatic N) is 1.